The van der Waals surface area contributed by atoms with Crippen molar-refractivity contribution >= 4 is 23.1 Å². The normalized spacial score (nSPS) is 16.6. The molecule has 1 aromatic heterocycles. The van der Waals surface area contributed by atoms with E-state index in [2.05, 4.69) is 47.3 Å². The second kappa shape index (κ2) is 13.0. The molecule has 10 rings (SSSR count). The lowest BCUT2D eigenvalue weighted by molar-refractivity contribution is 0.0696. The van der Waals surface area contributed by atoms with Gasteiger partial charge in [-0.1, -0.05) is 30.3 Å². The van der Waals surface area contributed by atoms with Crippen LogP contribution in [0.3, 0.4) is 0 Å². The second-order valence-electron chi connectivity index (χ2n) is 15.4. The molecule has 0 saturated carbocycles. The summed E-state index contributed by atoms with van der Waals surface area (Å²) in [7, 11) is 0. The summed E-state index contributed by atoms with van der Waals surface area (Å²) in [5.74, 6) is -0.422. The van der Waals surface area contributed by atoms with Crippen LogP contribution < -0.4 is 25.4 Å². The number of amides is 1. The summed E-state index contributed by atoms with van der Waals surface area (Å²) < 4.78 is 2.60. The first-order chi connectivity index (χ1) is 26.4. The first-order valence-corrected chi connectivity index (χ1v) is 19.4. The summed E-state index contributed by atoms with van der Waals surface area (Å²) in [5, 5.41) is 32.6. The number of nitrogens with zero attached hydrogens (tertiary/aromatic N) is 6. The number of aromatic carboxylic acids is 1. The van der Waals surface area contributed by atoms with Gasteiger partial charge in [0, 0.05) is 60.4 Å². The van der Waals surface area contributed by atoms with E-state index < -0.39 is 5.97 Å². The van der Waals surface area contributed by atoms with Gasteiger partial charge in [0.1, 0.15) is 13.1 Å². The van der Waals surface area contributed by atoms with Crippen LogP contribution in [0.5, 0.6) is 0 Å². The highest BCUT2D eigenvalue weighted by Crippen LogP contribution is 2.44. The van der Waals surface area contributed by atoms with Crippen molar-refractivity contribution < 1.29 is 14.7 Å². The van der Waals surface area contributed by atoms with Crippen molar-refractivity contribution in [2.45, 2.75) is 71.3 Å². The van der Waals surface area contributed by atoms with Crippen LogP contribution in [0.2, 0.25) is 0 Å². The smallest absolute Gasteiger partial charge is 0.336 e. The predicted octanol–water partition coefficient (Wildman–Crippen LogP) is 4.10. The third kappa shape index (κ3) is 5.41. The van der Waals surface area contributed by atoms with E-state index in [9.17, 15) is 14.7 Å². The molecule has 5 aliphatic rings. The van der Waals surface area contributed by atoms with E-state index in [1.54, 1.807) is 19.1 Å². The third-order valence-electron chi connectivity index (χ3n) is 12.2. The van der Waals surface area contributed by atoms with Gasteiger partial charge in [0.2, 0.25) is 11.2 Å². The Kier molecular flexibility index (Phi) is 7.89. The molecule has 0 unspecified atom stereocenters. The van der Waals surface area contributed by atoms with Gasteiger partial charge in [0.05, 0.1) is 5.56 Å². The average molecular weight is 717 g/mol. The molecule has 0 bridgehead atoms. The Bertz CT molecular complexity index is 2540. The van der Waals surface area contributed by atoms with E-state index in [0.717, 1.165) is 101 Å². The molecule has 5 heterocycles. The molecule has 2 N–H and O–H groups in total. The Morgan fingerprint density at radius 2 is 1.52 bits per heavy atom. The van der Waals surface area contributed by atoms with Crippen LogP contribution in [0.1, 0.15) is 102 Å². The standard InChI is InChI=1S/C44H41N7O3/c1-25-46-48-42(49-47-25)27-12-10-26(11-13-27)24-45-43(52)30-14-15-31(38(22-30)44(53)54)39-36-20-28-6-2-16-50-18-4-8-32(40(28)50)34(36)23-35-33-9-5-19-51-17-3-7-29(41(33)51)21-37(35)39/h10-15,20-22H,2-9,16-19,23-24H2,1H3,(H-,45,52,53,54)/p+1. The number of anilines is 1. The molecule has 54 heavy (non-hydrogen) atoms. The fraction of sp³-hybridized carbons (Fsp3) is 0.341. The lowest BCUT2D eigenvalue weighted by Crippen LogP contribution is -2.46. The Balaban J connectivity index is 1.07. The summed E-state index contributed by atoms with van der Waals surface area (Å²) in [5.41, 5.74) is 14.9. The van der Waals surface area contributed by atoms with E-state index in [0.29, 0.717) is 22.8 Å². The van der Waals surface area contributed by atoms with Crippen LogP contribution in [-0.2, 0) is 38.6 Å². The average Bonchev–Trinajstić information content (AvgIpc) is 3.20. The van der Waals surface area contributed by atoms with Crippen molar-refractivity contribution in [2.75, 3.05) is 31.1 Å². The number of carboxylic acid groups (broad SMARTS) is 1. The highest BCUT2D eigenvalue weighted by molar-refractivity contribution is 6.02. The van der Waals surface area contributed by atoms with Crippen LogP contribution >= 0.6 is 0 Å². The topological polar surface area (TPSA) is 124 Å². The number of carboxylic acids is 1. The van der Waals surface area contributed by atoms with Crippen molar-refractivity contribution in [2.24, 2.45) is 0 Å². The number of aryl methyl sites for hydroxylation is 3. The monoisotopic (exact) mass is 716 g/mol. The number of aromatic nitrogens is 4. The number of hydrogen-bond donors (Lipinski definition) is 2. The molecule has 10 heteroatoms. The molecule has 0 atom stereocenters. The highest BCUT2D eigenvalue weighted by Gasteiger charge is 2.35. The highest BCUT2D eigenvalue weighted by atomic mass is 16.4. The number of carbonyl (C=O) groups is 2. The molecular weight excluding hydrogens is 675 g/mol. The fourth-order valence-electron chi connectivity index (χ4n) is 9.84. The van der Waals surface area contributed by atoms with Crippen LogP contribution in [-0.4, -0.2) is 63.6 Å². The van der Waals surface area contributed by atoms with Gasteiger partial charge < -0.3 is 15.3 Å². The number of nitrogens with one attached hydrogen (secondary N) is 1. The van der Waals surface area contributed by atoms with Gasteiger partial charge in [-0.05, 0) is 126 Å². The van der Waals surface area contributed by atoms with E-state index in [1.807, 2.05) is 30.3 Å². The zero-order chi connectivity index (χ0) is 36.5. The Morgan fingerprint density at radius 1 is 0.778 bits per heavy atom. The Morgan fingerprint density at radius 3 is 2.31 bits per heavy atom. The fourth-order valence-corrected chi connectivity index (χ4v) is 9.84. The molecule has 4 aliphatic heterocycles. The zero-order valence-corrected chi connectivity index (χ0v) is 30.5. The summed E-state index contributed by atoms with van der Waals surface area (Å²) in [4.78, 5) is 29.5. The van der Waals surface area contributed by atoms with Gasteiger partial charge in [-0.25, -0.2) is 9.37 Å². The maximum Gasteiger partial charge on any atom is 0.336 e. The molecule has 0 saturated heterocycles. The van der Waals surface area contributed by atoms with Crippen molar-refractivity contribution in [3.63, 3.8) is 0 Å². The quantitative estimate of drug-likeness (QED) is 0.247. The number of rotatable bonds is 6. The molecule has 1 aliphatic carbocycles. The molecule has 4 aromatic carbocycles. The molecule has 0 radical (unpaired) electrons. The van der Waals surface area contributed by atoms with E-state index in [1.165, 1.54) is 55.2 Å². The first-order valence-electron chi connectivity index (χ1n) is 19.4. The zero-order valence-electron chi connectivity index (χ0n) is 30.5. The molecule has 0 fully saturated rings. The number of fused-ring (bicyclic) bond motifs is 4. The summed E-state index contributed by atoms with van der Waals surface area (Å²) in [6.45, 7) is 6.44. The minimum atomic E-state index is -1.03. The van der Waals surface area contributed by atoms with Crippen molar-refractivity contribution in [3.05, 3.63) is 132 Å². The molecular formula is C44H42N7O3+. The summed E-state index contributed by atoms with van der Waals surface area (Å²) >= 11 is 0. The number of benzene rings is 4. The largest absolute Gasteiger partial charge is 0.478 e. The molecule has 0 spiro atoms. The molecule has 1 amide bonds. The minimum absolute atomic E-state index is 0.155. The van der Waals surface area contributed by atoms with Crippen LogP contribution in [0, 0.1) is 6.92 Å². The Labute approximate surface area is 313 Å². The van der Waals surface area contributed by atoms with E-state index in [-0.39, 0.29) is 18.0 Å². The lowest BCUT2D eigenvalue weighted by atomic mass is 9.74. The Hall–Kier alpha value is -5.77. The second-order valence-corrected chi connectivity index (χ2v) is 15.4. The van der Waals surface area contributed by atoms with E-state index in [4.69, 9.17) is 0 Å². The van der Waals surface area contributed by atoms with Gasteiger partial charge in [-0.15, -0.1) is 20.4 Å². The van der Waals surface area contributed by atoms with Crippen LogP contribution in [0.25, 0.3) is 17.0 Å². The van der Waals surface area contributed by atoms with Gasteiger partial charge in [0.25, 0.3) is 5.91 Å². The van der Waals surface area contributed by atoms with Gasteiger partial charge in [0.15, 0.2) is 5.82 Å². The SMILES string of the molecule is Cc1nnc(-c2ccc(CNC(=O)c3ccc(C4=c5cc6c7c(c5Cc5c4cc4c8c5CCCN8CCC4)CCC[N+]=7CCC6)c(C(=O)O)c3)cc2)nn1. The summed E-state index contributed by atoms with van der Waals surface area (Å²) in [6.07, 6.45) is 9.62. The number of hydrogen-bond acceptors (Lipinski definition) is 7. The first kappa shape index (κ1) is 32.8. The van der Waals surface area contributed by atoms with Crippen LogP contribution in [0.15, 0.2) is 54.6 Å². The van der Waals surface area contributed by atoms with Gasteiger partial charge in [-0.2, -0.15) is 0 Å². The minimum Gasteiger partial charge on any atom is -0.478 e. The summed E-state index contributed by atoms with van der Waals surface area (Å²) in [6, 6.07) is 17.6. The maximum atomic E-state index is 13.6. The third-order valence-corrected chi connectivity index (χ3v) is 12.2. The van der Waals surface area contributed by atoms with Gasteiger partial charge in [-0.3, -0.25) is 4.79 Å². The maximum absolute atomic E-state index is 13.6. The molecule has 270 valence electrons. The predicted molar refractivity (Wildman–Crippen MR) is 205 cm³/mol. The molecule has 5 aromatic rings. The van der Waals surface area contributed by atoms with Gasteiger partial charge >= 0.3 is 5.97 Å². The lowest BCUT2D eigenvalue weighted by Gasteiger charge is -2.40. The molecule has 10 nitrogen and oxygen atoms in total. The number of carbonyl (C=O) groups excluding carboxylic acids is 1. The van der Waals surface area contributed by atoms with Crippen molar-refractivity contribution in [3.8, 4) is 11.4 Å². The van der Waals surface area contributed by atoms with Crippen LogP contribution in [0.4, 0.5) is 5.69 Å². The van der Waals surface area contributed by atoms with Crippen molar-refractivity contribution in [1.82, 2.24) is 30.3 Å². The van der Waals surface area contributed by atoms with E-state index >= 15 is 0 Å². The van der Waals surface area contributed by atoms with Crippen molar-refractivity contribution in [1.29, 1.82) is 0 Å².